The fourth-order valence-electron chi connectivity index (χ4n) is 5.01. The Kier molecular flexibility index (Phi) is 11.5. The van der Waals surface area contributed by atoms with Gasteiger partial charge < -0.3 is 20.1 Å². The van der Waals surface area contributed by atoms with Gasteiger partial charge in [0.1, 0.15) is 17.7 Å². The molecule has 2 amide bonds. The molecule has 0 radical (unpaired) electrons. The van der Waals surface area contributed by atoms with Crippen LogP contribution in [0.1, 0.15) is 63.5 Å². The third-order valence-electron chi connectivity index (χ3n) is 6.87. The number of rotatable bonds is 13. The number of nitrogens with one attached hydrogen (secondary N) is 2. The van der Waals surface area contributed by atoms with Gasteiger partial charge in [0.2, 0.25) is 5.91 Å². The highest BCUT2D eigenvalue weighted by molar-refractivity contribution is 5.91. The lowest BCUT2D eigenvalue weighted by Gasteiger charge is -2.32. The number of fused-ring (bicyclic) bond motifs is 1. The van der Waals surface area contributed by atoms with Crippen LogP contribution in [0.5, 0.6) is 0 Å². The maximum atomic E-state index is 14.2. The highest BCUT2D eigenvalue weighted by Gasteiger charge is 2.37. The molecule has 3 rings (SSSR count). The smallest absolute Gasteiger partial charge is 0.408 e. The molecule has 0 aromatic heterocycles. The molecule has 0 aliphatic carbocycles. The quantitative estimate of drug-likeness (QED) is 0.174. The maximum Gasteiger partial charge on any atom is 0.408 e. The molecule has 3 aromatic carbocycles. The van der Waals surface area contributed by atoms with E-state index in [4.69, 9.17) is 9.47 Å². The molecule has 3 aromatic rings. The average molecular weight is 571 g/mol. The fraction of sp³-hybridized carbons (Fsp3) is 0.343. The minimum absolute atomic E-state index is 0.145. The number of alkyl carbamates (subject to hydrolysis) is 1. The van der Waals surface area contributed by atoms with Crippen LogP contribution in [-0.2, 0) is 19.1 Å². The summed E-state index contributed by atoms with van der Waals surface area (Å²) in [5.74, 6) is -2.05. The molecule has 7 heteroatoms. The van der Waals surface area contributed by atoms with Gasteiger partial charge in [-0.1, -0.05) is 84.9 Å². The second kappa shape index (κ2) is 15.0. The molecule has 0 aliphatic heterocycles. The summed E-state index contributed by atoms with van der Waals surface area (Å²) in [5.41, 5.74) is 0.914. The Bertz CT molecular complexity index is 1380. The monoisotopic (exact) mass is 570 g/mol. The van der Waals surface area contributed by atoms with Crippen molar-refractivity contribution in [3.63, 3.8) is 0 Å². The maximum absolute atomic E-state index is 14.2. The van der Waals surface area contributed by atoms with E-state index < -0.39 is 47.5 Å². The van der Waals surface area contributed by atoms with E-state index >= 15 is 0 Å². The summed E-state index contributed by atoms with van der Waals surface area (Å²) in [7, 11) is 0. The Morgan fingerprint density at radius 3 is 1.98 bits per heavy atom. The number of ether oxygens (including phenoxy) is 2. The Morgan fingerprint density at radius 1 is 0.786 bits per heavy atom. The van der Waals surface area contributed by atoms with Gasteiger partial charge in [0, 0.05) is 11.8 Å². The highest BCUT2D eigenvalue weighted by Crippen LogP contribution is 2.30. The van der Waals surface area contributed by atoms with Gasteiger partial charge in [0.15, 0.2) is 0 Å². The molecule has 0 saturated carbocycles. The van der Waals surface area contributed by atoms with E-state index in [1.807, 2.05) is 72.8 Å². The summed E-state index contributed by atoms with van der Waals surface area (Å²) in [6.45, 7) is 14.9. The van der Waals surface area contributed by atoms with Crippen molar-refractivity contribution in [2.24, 2.45) is 0 Å². The lowest BCUT2D eigenvalue weighted by Crippen LogP contribution is -2.56. The first-order valence-electron chi connectivity index (χ1n) is 14.3. The number of hydrogen-bond donors (Lipinski definition) is 2. The van der Waals surface area contributed by atoms with E-state index in [1.54, 1.807) is 39.8 Å². The zero-order chi connectivity index (χ0) is 30.7. The van der Waals surface area contributed by atoms with Gasteiger partial charge in [0.25, 0.3) is 0 Å². The van der Waals surface area contributed by atoms with Gasteiger partial charge in [0.05, 0.1) is 6.61 Å². The number of benzene rings is 3. The van der Waals surface area contributed by atoms with E-state index in [0.29, 0.717) is 12.8 Å². The van der Waals surface area contributed by atoms with Gasteiger partial charge >= 0.3 is 12.1 Å². The Balaban J connectivity index is 2.04. The zero-order valence-corrected chi connectivity index (χ0v) is 25.0. The van der Waals surface area contributed by atoms with E-state index in [1.165, 1.54) is 0 Å². The van der Waals surface area contributed by atoms with Gasteiger partial charge in [-0.25, -0.2) is 9.59 Å². The second-order valence-corrected chi connectivity index (χ2v) is 11.1. The van der Waals surface area contributed by atoms with Crippen molar-refractivity contribution in [2.45, 2.75) is 70.1 Å². The minimum Gasteiger partial charge on any atom is -0.464 e. The molecule has 0 heterocycles. The molecule has 42 heavy (non-hydrogen) atoms. The molecule has 4 unspecified atom stereocenters. The van der Waals surface area contributed by atoms with Crippen LogP contribution in [0, 0.1) is 0 Å². The molecule has 0 bridgehead atoms. The van der Waals surface area contributed by atoms with Gasteiger partial charge in [-0.05, 0) is 62.4 Å². The van der Waals surface area contributed by atoms with Crippen LogP contribution >= 0.6 is 0 Å². The number of carbonyl (C=O) groups is 3. The highest BCUT2D eigenvalue weighted by atomic mass is 16.6. The third kappa shape index (κ3) is 8.80. The van der Waals surface area contributed by atoms with Crippen molar-refractivity contribution in [1.82, 2.24) is 10.6 Å². The van der Waals surface area contributed by atoms with Crippen LogP contribution in [-0.4, -0.2) is 42.3 Å². The summed E-state index contributed by atoms with van der Waals surface area (Å²) in [5, 5.41) is 7.79. The van der Waals surface area contributed by atoms with Crippen LogP contribution in [0.2, 0.25) is 0 Å². The predicted octanol–water partition coefficient (Wildman–Crippen LogP) is 6.80. The molecule has 0 spiro atoms. The van der Waals surface area contributed by atoms with Crippen molar-refractivity contribution < 1.29 is 23.9 Å². The number of allylic oxidation sites excluding steroid dienone is 2. The molecular formula is C35H42N2O5. The lowest BCUT2D eigenvalue weighted by atomic mass is 9.85. The number of carbonyl (C=O) groups excluding carboxylic acids is 3. The molecule has 2 N–H and O–H groups in total. The number of hydrogen-bond acceptors (Lipinski definition) is 5. The van der Waals surface area contributed by atoms with Crippen molar-refractivity contribution in [3.8, 4) is 0 Å². The average Bonchev–Trinajstić information content (AvgIpc) is 2.96. The molecule has 7 nitrogen and oxygen atoms in total. The topological polar surface area (TPSA) is 93.7 Å². The van der Waals surface area contributed by atoms with E-state index in [9.17, 15) is 14.4 Å². The molecule has 222 valence electrons. The predicted molar refractivity (Wildman–Crippen MR) is 167 cm³/mol. The standard InChI is InChI=1S/C35H42N2O5/c1-7-15-28(25-18-11-10-12-19-25)30(37-34(40)42-35(4,5)6)32(38)36-31(33(39)41-9-3)29(16-8-2)27-22-21-24-17-13-14-20-26(24)23-27/h7-8,10-14,17-23,28-31H,1-2,9,15-16H2,3-6H3,(H,36,38)(H,37,40). The largest absolute Gasteiger partial charge is 0.464 e. The fourth-order valence-corrected chi connectivity index (χ4v) is 5.01. The molecule has 0 fully saturated rings. The molecular weight excluding hydrogens is 528 g/mol. The zero-order valence-electron chi connectivity index (χ0n) is 25.0. The van der Waals surface area contributed by atoms with Crippen molar-refractivity contribution in [3.05, 3.63) is 109 Å². The summed E-state index contributed by atoms with van der Waals surface area (Å²) < 4.78 is 11.0. The first-order valence-corrected chi connectivity index (χ1v) is 14.3. The number of amides is 2. The van der Waals surface area contributed by atoms with E-state index in [2.05, 4.69) is 23.8 Å². The third-order valence-corrected chi connectivity index (χ3v) is 6.87. The Morgan fingerprint density at radius 2 is 1.38 bits per heavy atom. The molecule has 4 atom stereocenters. The first-order chi connectivity index (χ1) is 20.1. The summed E-state index contributed by atoms with van der Waals surface area (Å²) >= 11 is 0. The van der Waals surface area contributed by atoms with Crippen LogP contribution in [0.3, 0.4) is 0 Å². The lowest BCUT2D eigenvalue weighted by molar-refractivity contribution is -0.148. The Hall–Kier alpha value is -4.39. The second-order valence-electron chi connectivity index (χ2n) is 11.1. The van der Waals surface area contributed by atoms with E-state index in [0.717, 1.165) is 21.9 Å². The first kappa shape index (κ1) is 32.1. The summed E-state index contributed by atoms with van der Waals surface area (Å²) in [4.78, 5) is 40.6. The van der Waals surface area contributed by atoms with Crippen molar-refractivity contribution in [1.29, 1.82) is 0 Å². The van der Waals surface area contributed by atoms with Gasteiger partial charge in [-0.2, -0.15) is 0 Å². The SMILES string of the molecule is C=CCC(c1ccccc1)C(NC(=O)OC(C)(C)C)C(=O)NC(C(=O)OCC)C(CC=C)c1ccc2ccccc2c1. The normalized spacial score (nSPS) is 14.1. The van der Waals surface area contributed by atoms with Crippen LogP contribution in [0.25, 0.3) is 10.8 Å². The summed E-state index contributed by atoms with van der Waals surface area (Å²) in [6, 6.07) is 21.2. The van der Waals surface area contributed by atoms with Crippen LogP contribution in [0.4, 0.5) is 4.79 Å². The van der Waals surface area contributed by atoms with Crippen molar-refractivity contribution >= 4 is 28.7 Å². The molecule has 0 saturated heterocycles. The van der Waals surface area contributed by atoms with Gasteiger partial charge in [-0.15, -0.1) is 13.2 Å². The van der Waals surface area contributed by atoms with Gasteiger partial charge in [-0.3, -0.25) is 4.79 Å². The summed E-state index contributed by atoms with van der Waals surface area (Å²) in [6.07, 6.45) is 3.48. The van der Waals surface area contributed by atoms with E-state index in [-0.39, 0.29) is 6.61 Å². The van der Waals surface area contributed by atoms with Crippen LogP contribution in [0.15, 0.2) is 98.1 Å². The van der Waals surface area contributed by atoms with Crippen molar-refractivity contribution in [2.75, 3.05) is 6.61 Å². The number of esters is 1. The molecule has 0 aliphatic rings. The Labute approximate surface area is 249 Å². The van der Waals surface area contributed by atoms with Crippen LogP contribution < -0.4 is 10.6 Å². The minimum atomic E-state index is -1.07.